The van der Waals surface area contributed by atoms with Crippen LogP contribution in [0.1, 0.15) is 39.5 Å². The molecule has 1 saturated carbocycles. The fraction of sp³-hybridized carbons (Fsp3) is 0.889. The van der Waals surface area contributed by atoms with Crippen LogP contribution in [0, 0.1) is 0 Å². The number of hydrogen-bond acceptors (Lipinski definition) is 2. The lowest BCUT2D eigenvalue weighted by Crippen LogP contribution is -2.40. The quantitative estimate of drug-likeness (QED) is 0.686. The van der Waals surface area contributed by atoms with Gasteiger partial charge in [0.1, 0.15) is 0 Å². The van der Waals surface area contributed by atoms with Gasteiger partial charge in [0.05, 0.1) is 6.10 Å². The number of rotatable bonds is 3. The van der Waals surface area contributed by atoms with Gasteiger partial charge in [0.15, 0.2) is 5.67 Å². The molecule has 1 fully saturated rings. The Kier molecular flexibility index (Phi) is 3.25. The molecule has 0 saturated heterocycles. The van der Waals surface area contributed by atoms with Gasteiger partial charge in [-0.15, -0.1) is 0 Å². The van der Waals surface area contributed by atoms with E-state index in [0.29, 0.717) is 0 Å². The zero-order valence-corrected chi connectivity index (χ0v) is 8.10. The van der Waals surface area contributed by atoms with Gasteiger partial charge < -0.3 is 0 Å². The number of amides is 1. The van der Waals surface area contributed by atoms with Crippen LogP contribution in [0.3, 0.4) is 0 Å². The first kappa shape index (κ1) is 10.4. The standard InChI is InChI=1S/C9H16FNO2/c1-9(2,10)8(12)11-13-7-5-3-4-6-7/h7H,3-6H2,1-2H3,(H,11,12). The van der Waals surface area contributed by atoms with Gasteiger partial charge in [-0.3, -0.25) is 9.63 Å². The Morgan fingerprint density at radius 2 is 2.00 bits per heavy atom. The number of hydrogen-bond donors (Lipinski definition) is 1. The molecular formula is C9H16FNO2. The zero-order chi connectivity index (χ0) is 9.90. The molecule has 1 aliphatic carbocycles. The Balaban J connectivity index is 2.22. The molecule has 4 heteroatoms. The molecule has 0 aromatic carbocycles. The molecule has 76 valence electrons. The van der Waals surface area contributed by atoms with Crippen LogP contribution in [-0.2, 0) is 9.63 Å². The molecule has 0 aromatic rings. The summed E-state index contributed by atoms with van der Waals surface area (Å²) in [7, 11) is 0. The van der Waals surface area contributed by atoms with Crippen molar-refractivity contribution in [3.63, 3.8) is 0 Å². The third kappa shape index (κ3) is 3.30. The first-order chi connectivity index (χ1) is 6.00. The van der Waals surface area contributed by atoms with Gasteiger partial charge in [-0.2, -0.15) is 0 Å². The second kappa shape index (κ2) is 4.05. The molecular weight excluding hydrogens is 173 g/mol. The van der Waals surface area contributed by atoms with E-state index in [1.54, 1.807) is 0 Å². The molecule has 1 aliphatic rings. The Hall–Kier alpha value is -0.640. The second-order valence-corrected chi connectivity index (χ2v) is 3.93. The van der Waals surface area contributed by atoms with E-state index in [0.717, 1.165) is 25.7 Å². The lowest BCUT2D eigenvalue weighted by atomic mass is 10.2. The van der Waals surface area contributed by atoms with Crippen molar-refractivity contribution in [1.82, 2.24) is 5.48 Å². The second-order valence-electron chi connectivity index (χ2n) is 3.93. The Bertz CT molecular complexity index is 183. The minimum absolute atomic E-state index is 0.0753. The van der Waals surface area contributed by atoms with Gasteiger partial charge in [0.2, 0.25) is 0 Å². The average Bonchev–Trinajstić information content (AvgIpc) is 2.50. The summed E-state index contributed by atoms with van der Waals surface area (Å²) < 4.78 is 13.0. The maximum Gasteiger partial charge on any atom is 0.280 e. The first-order valence-electron chi connectivity index (χ1n) is 4.65. The maximum absolute atomic E-state index is 13.0. The van der Waals surface area contributed by atoms with E-state index in [1.165, 1.54) is 13.8 Å². The van der Waals surface area contributed by atoms with Crippen molar-refractivity contribution in [2.75, 3.05) is 0 Å². The van der Waals surface area contributed by atoms with E-state index < -0.39 is 11.6 Å². The number of carbonyl (C=O) groups is 1. The van der Waals surface area contributed by atoms with E-state index >= 15 is 0 Å². The Morgan fingerprint density at radius 1 is 1.46 bits per heavy atom. The third-order valence-corrected chi connectivity index (χ3v) is 2.16. The van der Waals surface area contributed by atoms with Crippen LogP contribution in [0.4, 0.5) is 4.39 Å². The smallest absolute Gasteiger partial charge is 0.270 e. The molecule has 0 spiro atoms. The highest BCUT2D eigenvalue weighted by Crippen LogP contribution is 2.20. The van der Waals surface area contributed by atoms with Gasteiger partial charge in [-0.25, -0.2) is 9.87 Å². The number of alkyl halides is 1. The predicted molar refractivity (Wildman–Crippen MR) is 46.7 cm³/mol. The monoisotopic (exact) mass is 189 g/mol. The number of nitrogens with one attached hydrogen (secondary N) is 1. The third-order valence-electron chi connectivity index (χ3n) is 2.16. The van der Waals surface area contributed by atoms with Crippen molar-refractivity contribution < 1.29 is 14.0 Å². The highest BCUT2D eigenvalue weighted by atomic mass is 19.1. The van der Waals surface area contributed by atoms with Crippen molar-refractivity contribution in [2.45, 2.75) is 51.3 Å². The van der Waals surface area contributed by atoms with E-state index in [-0.39, 0.29) is 6.10 Å². The van der Waals surface area contributed by atoms with Crippen LogP contribution in [0.25, 0.3) is 0 Å². The zero-order valence-electron chi connectivity index (χ0n) is 8.10. The van der Waals surface area contributed by atoms with Crippen molar-refractivity contribution >= 4 is 5.91 Å². The van der Waals surface area contributed by atoms with Crippen LogP contribution in [-0.4, -0.2) is 17.7 Å². The summed E-state index contributed by atoms with van der Waals surface area (Å²) >= 11 is 0. The fourth-order valence-corrected chi connectivity index (χ4v) is 1.26. The summed E-state index contributed by atoms with van der Waals surface area (Å²) in [6, 6.07) is 0. The molecule has 0 bridgehead atoms. The van der Waals surface area contributed by atoms with Crippen LogP contribution >= 0.6 is 0 Å². The fourth-order valence-electron chi connectivity index (χ4n) is 1.26. The summed E-state index contributed by atoms with van der Waals surface area (Å²) in [4.78, 5) is 16.1. The highest BCUT2D eigenvalue weighted by molar-refractivity contribution is 5.83. The predicted octanol–water partition coefficient (Wildman–Crippen LogP) is 1.72. The molecule has 1 amide bonds. The molecule has 0 heterocycles. The van der Waals surface area contributed by atoms with E-state index in [4.69, 9.17) is 4.84 Å². The Labute approximate surface area is 77.6 Å². The Morgan fingerprint density at radius 3 is 2.46 bits per heavy atom. The van der Waals surface area contributed by atoms with E-state index in [2.05, 4.69) is 5.48 Å². The van der Waals surface area contributed by atoms with Gasteiger partial charge in [0.25, 0.3) is 5.91 Å². The first-order valence-corrected chi connectivity index (χ1v) is 4.65. The molecule has 0 radical (unpaired) electrons. The molecule has 1 N–H and O–H groups in total. The molecule has 0 unspecified atom stereocenters. The molecule has 0 aromatic heterocycles. The average molecular weight is 189 g/mol. The lowest BCUT2D eigenvalue weighted by Gasteiger charge is -2.16. The van der Waals surface area contributed by atoms with Gasteiger partial charge in [-0.05, 0) is 26.7 Å². The topological polar surface area (TPSA) is 38.3 Å². The minimum Gasteiger partial charge on any atom is -0.270 e. The largest absolute Gasteiger partial charge is 0.280 e. The van der Waals surface area contributed by atoms with E-state index in [1.807, 2.05) is 0 Å². The van der Waals surface area contributed by atoms with Crippen LogP contribution in [0.15, 0.2) is 0 Å². The summed E-state index contributed by atoms with van der Waals surface area (Å²) in [5.74, 6) is -0.709. The van der Waals surface area contributed by atoms with Crippen molar-refractivity contribution in [1.29, 1.82) is 0 Å². The molecule has 13 heavy (non-hydrogen) atoms. The highest BCUT2D eigenvalue weighted by Gasteiger charge is 2.28. The lowest BCUT2D eigenvalue weighted by molar-refractivity contribution is -0.148. The molecule has 1 rings (SSSR count). The van der Waals surface area contributed by atoms with Crippen molar-refractivity contribution in [2.24, 2.45) is 0 Å². The number of carbonyl (C=O) groups excluding carboxylic acids is 1. The summed E-state index contributed by atoms with van der Waals surface area (Å²) in [5.41, 5.74) is 0.288. The van der Waals surface area contributed by atoms with Gasteiger partial charge in [0, 0.05) is 0 Å². The van der Waals surface area contributed by atoms with Crippen molar-refractivity contribution in [3.8, 4) is 0 Å². The van der Waals surface area contributed by atoms with E-state index in [9.17, 15) is 9.18 Å². The van der Waals surface area contributed by atoms with Crippen LogP contribution < -0.4 is 5.48 Å². The van der Waals surface area contributed by atoms with Gasteiger partial charge in [-0.1, -0.05) is 12.8 Å². The summed E-state index contributed by atoms with van der Waals surface area (Å²) in [5, 5.41) is 0. The molecule has 0 aliphatic heterocycles. The maximum atomic E-state index is 13.0. The number of halogens is 1. The van der Waals surface area contributed by atoms with Crippen LogP contribution in [0.2, 0.25) is 0 Å². The van der Waals surface area contributed by atoms with Gasteiger partial charge >= 0.3 is 0 Å². The SMILES string of the molecule is CC(C)(F)C(=O)NOC1CCCC1. The summed E-state index contributed by atoms with van der Waals surface area (Å²) in [6.45, 7) is 2.42. The minimum atomic E-state index is -1.86. The summed E-state index contributed by atoms with van der Waals surface area (Å²) in [6.07, 6.45) is 4.23. The number of hydroxylamine groups is 1. The van der Waals surface area contributed by atoms with Crippen LogP contribution in [0.5, 0.6) is 0 Å². The molecule has 0 atom stereocenters. The normalized spacial score (nSPS) is 19.0. The molecule has 3 nitrogen and oxygen atoms in total. The van der Waals surface area contributed by atoms with Crippen molar-refractivity contribution in [3.05, 3.63) is 0 Å².